The molecule has 2 heterocycles. The molecule has 4 rings (SSSR count). The third kappa shape index (κ3) is 4.55. The second-order valence-corrected chi connectivity index (χ2v) is 9.72. The first-order chi connectivity index (χ1) is 13.2. The van der Waals surface area contributed by atoms with Gasteiger partial charge in [-0.1, -0.05) is 54.2 Å². The van der Waals surface area contributed by atoms with E-state index in [0.29, 0.717) is 5.13 Å². The predicted molar refractivity (Wildman–Crippen MR) is 115 cm³/mol. The van der Waals surface area contributed by atoms with E-state index in [0.717, 1.165) is 25.9 Å². The molecule has 0 aliphatic heterocycles. The molecule has 136 valence electrons. The molecule has 0 aliphatic rings. The zero-order valence-electron chi connectivity index (χ0n) is 14.6. The van der Waals surface area contributed by atoms with Crippen LogP contribution in [-0.2, 0) is 11.2 Å². The van der Waals surface area contributed by atoms with Crippen molar-refractivity contribution in [3.8, 4) is 0 Å². The summed E-state index contributed by atoms with van der Waals surface area (Å²) in [7, 11) is 0. The number of anilines is 1. The third-order valence-corrected chi connectivity index (χ3v) is 7.07. The van der Waals surface area contributed by atoms with E-state index in [-0.39, 0.29) is 11.2 Å². The second kappa shape index (κ2) is 8.21. The minimum atomic E-state index is -0.243. The number of nitrogens with one attached hydrogen (secondary N) is 1. The van der Waals surface area contributed by atoms with Gasteiger partial charge >= 0.3 is 0 Å². The highest BCUT2D eigenvalue weighted by atomic mass is 32.2. The van der Waals surface area contributed by atoms with Crippen LogP contribution in [0.5, 0.6) is 0 Å². The number of fused-ring (bicyclic) bond motifs is 1. The number of hydrogen-bond acceptors (Lipinski definition) is 6. The van der Waals surface area contributed by atoms with Gasteiger partial charge in [0.1, 0.15) is 0 Å². The van der Waals surface area contributed by atoms with Crippen LogP contribution >= 0.6 is 34.4 Å². The molecule has 0 saturated heterocycles. The van der Waals surface area contributed by atoms with Gasteiger partial charge in [0.25, 0.3) is 0 Å². The summed E-state index contributed by atoms with van der Waals surface area (Å²) in [5.74, 6) is -0.0557. The van der Waals surface area contributed by atoms with E-state index in [2.05, 4.69) is 27.4 Å². The van der Waals surface area contributed by atoms with Crippen molar-refractivity contribution in [1.29, 1.82) is 0 Å². The monoisotopic (exact) mass is 411 g/mol. The van der Waals surface area contributed by atoms with Crippen molar-refractivity contribution in [2.45, 2.75) is 22.9 Å². The Balaban J connectivity index is 1.37. The molecule has 0 fully saturated rings. The zero-order valence-corrected chi connectivity index (χ0v) is 17.0. The van der Waals surface area contributed by atoms with Crippen molar-refractivity contribution in [3.63, 3.8) is 0 Å². The van der Waals surface area contributed by atoms with Crippen LogP contribution in [0, 0.1) is 0 Å². The van der Waals surface area contributed by atoms with Crippen LogP contribution in [0.4, 0.5) is 5.13 Å². The van der Waals surface area contributed by atoms with Crippen LogP contribution in [0.1, 0.15) is 17.4 Å². The maximum absolute atomic E-state index is 12.5. The van der Waals surface area contributed by atoms with Crippen LogP contribution in [-0.4, -0.2) is 21.1 Å². The van der Waals surface area contributed by atoms with E-state index in [4.69, 9.17) is 0 Å². The normalized spacial score (nSPS) is 12.2. The lowest BCUT2D eigenvalue weighted by Gasteiger charge is -2.08. The van der Waals surface area contributed by atoms with E-state index in [9.17, 15) is 4.79 Å². The molecule has 0 aliphatic carbocycles. The van der Waals surface area contributed by atoms with Crippen LogP contribution in [0.25, 0.3) is 10.2 Å². The summed E-state index contributed by atoms with van der Waals surface area (Å²) in [5, 5.41) is 3.32. The molecule has 0 unspecified atom stereocenters. The molecular formula is C20H17N3OS3. The number of thiazole rings is 2. The van der Waals surface area contributed by atoms with E-state index < -0.39 is 0 Å². The minimum Gasteiger partial charge on any atom is -0.301 e. The largest absolute Gasteiger partial charge is 0.301 e. The molecule has 7 heteroatoms. The highest BCUT2D eigenvalue weighted by molar-refractivity contribution is 8.02. The van der Waals surface area contributed by atoms with Gasteiger partial charge in [0, 0.05) is 17.5 Å². The fourth-order valence-electron chi connectivity index (χ4n) is 2.56. The van der Waals surface area contributed by atoms with Crippen molar-refractivity contribution in [1.82, 2.24) is 9.97 Å². The Morgan fingerprint density at radius 1 is 1.11 bits per heavy atom. The van der Waals surface area contributed by atoms with Crippen molar-refractivity contribution >= 4 is 55.7 Å². The van der Waals surface area contributed by atoms with Gasteiger partial charge in [-0.15, -0.1) is 22.7 Å². The van der Waals surface area contributed by atoms with Crippen LogP contribution in [0.15, 0.2) is 65.1 Å². The molecule has 4 aromatic rings. The van der Waals surface area contributed by atoms with Gasteiger partial charge < -0.3 is 5.32 Å². The standard InChI is InChI=1S/C20H17N3OS3/c1-13(25-20-22-16-9-5-6-10-17(16)27-20)18(24)23-19-21-12-15(26-19)11-14-7-3-2-4-8-14/h2-10,12-13H,11H2,1H3,(H,21,23,24)/t13-/m0/s1. The number of carbonyl (C=O) groups excluding carboxylic acids is 1. The summed E-state index contributed by atoms with van der Waals surface area (Å²) in [4.78, 5) is 22.6. The Morgan fingerprint density at radius 3 is 2.70 bits per heavy atom. The van der Waals surface area contributed by atoms with Gasteiger partial charge in [-0.25, -0.2) is 9.97 Å². The summed E-state index contributed by atoms with van der Waals surface area (Å²) < 4.78 is 2.04. The maximum atomic E-state index is 12.5. The van der Waals surface area contributed by atoms with E-state index in [1.54, 1.807) is 11.3 Å². The molecule has 2 aromatic heterocycles. The number of rotatable bonds is 6. The summed E-state index contributed by atoms with van der Waals surface area (Å²) >= 11 is 4.61. The van der Waals surface area contributed by atoms with Crippen molar-refractivity contribution in [3.05, 3.63) is 71.2 Å². The van der Waals surface area contributed by atoms with Gasteiger partial charge in [-0.2, -0.15) is 0 Å². The lowest BCUT2D eigenvalue weighted by Crippen LogP contribution is -2.22. The first-order valence-electron chi connectivity index (χ1n) is 8.49. The Bertz CT molecular complexity index is 1030. The fourth-order valence-corrected chi connectivity index (χ4v) is 5.62. The predicted octanol–water partition coefficient (Wildman–Crippen LogP) is 5.46. The average molecular weight is 412 g/mol. The van der Waals surface area contributed by atoms with E-state index in [1.165, 1.54) is 28.7 Å². The molecule has 1 amide bonds. The van der Waals surface area contributed by atoms with Crippen molar-refractivity contribution in [2.75, 3.05) is 5.32 Å². The number of para-hydroxylation sites is 1. The second-order valence-electron chi connectivity index (χ2n) is 5.99. The number of thioether (sulfide) groups is 1. The number of amides is 1. The molecule has 1 atom stereocenters. The van der Waals surface area contributed by atoms with E-state index in [1.807, 2.05) is 55.6 Å². The SMILES string of the molecule is C[C@H](Sc1nc2ccccc2s1)C(=O)Nc1ncc(Cc2ccccc2)s1. The summed E-state index contributed by atoms with van der Waals surface area (Å²) in [6, 6.07) is 18.3. The molecule has 2 aromatic carbocycles. The molecular weight excluding hydrogens is 394 g/mol. The van der Waals surface area contributed by atoms with E-state index >= 15 is 0 Å². The quantitative estimate of drug-likeness (QED) is 0.428. The van der Waals surface area contributed by atoms with Gasteiger partial charge in [0.15, 0.2) is 9.47 Å². The first kappa shape index (κ1) is 18.2. The highest BCUT2D eigenvalue weighted by Gasteiger charge is 2.18. The number of hydrogen-bond donors (Lipinski definition) is 1. The lowest BCUT2D eigenvalue weighted by molar-refractivity contribution is -0.115. The van der Waals surface area contributed by atoms with Crippen molar-refractivity contribution < 1.29 is 4.79 Å². The molecule has 0 radical (unpaired) electrons. The van der Waals surface area contributed by atoms with Gasteiger partial charge in [0.05, 0.1) is 15.5 Å². The van der Waals surface area contributed by atoms with Gasteiger partial charge in [-0.05, 0) is 24.6 Å². The maximum Gasteiger partial charge on any atom is 0.239 e. The molecule has 4 nitrogen and oxygen atoms in total. The fraction of sp³-hybridized carbons (Fsp3) is 0.150. The Kier molecular flexibility index (Phi) is 5.52. The average Bonchev–Trinajstić information content (AvgIpc) is 3.28. The van der Waals surface area contributed by atoms with Crippen LogP contribution in [0.3, 0.4) is 0 Å². The Morgan fingerprint density at radius 2 is 1.89 bits per heavy atom. The third-order valence-electron chi connectivity index (χ3n) is 3.93. The zero-order chi connectivity index (χ0) is 18.6. The molecule has 0 spiro atoms. The van der Waals surface area contributed by atoms with Crippen molar-refractivity contribution in [2.24, 2.45) is 0 Å². The molecule has 0 saturated carbocycles. The topological polar surface area (TPSA) is 54.9 Å². The number of nitrogens with zero attached hydrogens (tertiary/aromatic N) is 2. The lowest BCUT2D eigenvalue weighted by atomic mass is 10.1. The smallest absolute Gasteiger partial charge is 0.239 e. The number of benzene rings is 2. The van der Waals surface area contributed by atoms with Crippen LogP contribution < -0.4 is 5.32 Å². The molecule has 27 heavy (non-hydrogen) atoms. The van der Waals surface area contributed by atoms with Crippen LogP contribution in [0.2, 0.25) is 0 Å². The Labute approximate surface area is 169 Å². The Hall–Kier alpha value is -2.22. The van der Waals surface area contributed by atoms with Gasteiger partial charge in [-0.3, -0.25) is 4.79 Å². The summed E-state index contributed by atoms with van der Waals surface area (Å²) in [6.07, 6.45) is 2.66. The number of aromatic nitrogens is 2. The summed E-state index contributed by atoms with van der Waals surface area (Å²) in [6.45, 7) is 1.89. The summed E-state index contributed by atoms with van der Waals surface area (Å²) in [5.41, 5.74) is 2.21. The molecule has 0 bridgehead atoms. The highest BCUT2D eigenvalue weighted by Crippen LogP contribution is 2.32. The molecule has 1 N–H and O–H groups in total. The number of carbonyl (C=O) groups is 1. The minimum absolute atomic E-state index is 0.0557. The van der Waals surface area contributed by atoms with Gasteiger partial charge in [0.2, 0.25) is 5.91 Å². The first-order valence-corrected chi connectivity index (χ1v) is 11.0.